The molecule has 0 radical (unpaired) electrons. The first kappa shape index (κ1) is 20.1. The van der Waals surface area contributed by atoms with Crippen LogP contribution >= 0.6 is 11.6 Å². The van der Waals surface area contributed by atoms with Crippen molar-refractivity contribution < 1.29 is 14.4 Å². The molecule has 3 aromatic carbocycles. The molecular formula is C22H18ClN3O3. The van der Waals surface area contributed by atoms with Crippen LogP contribution in [-0.4, -0.2) is 17.7 Å². The minimum Gasteiger partial charge on any atom is -0.321 e. The number of para-hydroxylation sites is 1. The number of hydrazine groups is 1. The fourth-order valence-corrected chi connectivity index (χ4v) is 2.75. The fourth-order valence-electron chi connectivity index (χ4n) is 2.63. The number of carbonyl (C=O) groups is 3. The van der Waals surface area contributed by atoms with E-state index in [9.17, 15) is 14.4 Å². The summed E-state index contributed by atoms with van der Waals surface area (Å²) >= 11 is 5.80. The van der Waals surface area contributed by atoms with Crippen LogP contribution in [0.4, 0.5) is 5.69 Å². The van der Waals surface area contributed by atoms with Crippen molar-refractivity contribution in [2.75, 3.05) is 5.32 Å². The smallest absolute Gasteiger partial charge is 0.271 e. The van der Waals surface area contributed by atoms with Crippen LogP contribution in [0.15, 0.2) is 72.8 Å². The molecule has 6 nitrogen and oxygen atoms in total. The number of nitrogens with one attached hydrogen (secondary N) is 3. The van der Waals surface area contributed by atoms with Crippen molar-refractivity contribution in [1.82, 2.24) is 10.9 Å². The molecule has 0 aromatic heterocycles. The van der Waals surface area contributed by atoms with E-state index < -0.39 is 11.8 Å². The zero-order valence-electron chi connectivity index (χ0n) is 15.5. The number of hydrogen-bond acceptors (Lipinski definition) is 3. The highest BCUT2D eigenvalue weighted by atomic mass is 35.5. The summed E-state index contributed by atoms with van der Waals surface area (Å²) in [6.07, 6.45) is 0. The van der Waals surface area contributed by atoms with Gasteiger partial charge in [0.15, 0.2) is 0 Å². The van der Waals surface area contributed by atoms with Gasteiger partial charge in [0.05, 0.1) is 11.3 Å². The van der Waals surface area contributed by atoms with Gasteiger partial charge in [-0.3, -0.25) is 25.2 Å². The van der Waals surface area contributed by atoms with E-state index in [2.05, 4.69) is 16.2 Å². The molecule has 3 rings (SSSR count). The second-order valence-corrected chi connectivity index (χ2v) is 6.72. The number of aryl methyl sites for hydroxylation is 1. The lowest BCUT2D eigenvalue weighted by Crippen LogP contribution is -2.41. The molecule has 7 heteroatoms. The molecule has 3 N–H and O–H groups in total. The van der Waals surface area contributed by atoms with Gasteiger partial charge >= 0.3 is 0 Å². The topological polar surface area (TPSA) is 87.3 Å². The van der Waals surface area contributed by atoms with Crippen molar-refractivity contribution in [3.63, 3.8) is 0 Å². The Bertz CT molecular complexity index is 1060. The Labute approximate surface area is 172 Å². The summed E-state index contributed by atoms with van der Waals surface area (Å²) in [5.41, 5.74) is 7.02. The third kappa shape index (κ3) is 5.21. The van der Waals surface area contributed by atoms with Gasteiger partial charge in [0.2, 0.25) is 0 Å². The van der Waals surface area contributed by atoms with Gasteiger partial charge in [-0.25, -0.2) is 0 Å². The van der Waals surface area contributed by atoms with Crippen molar-refractivity contribution in [3.05, 3.63) is 100 Å². The molecule has 0 spiro atoms. The van der Waals surface area contributed by atoms with Crippen LogP contribution in [0.5, 0.6) is 0 Å². The molecule has 0 saturated heterocycles. The van der Waals surface area contributed by atoms with E-state index in [0.29, 0.717) is 21.8 Å². The monoisotopic (exact) mass is 407 g/mol. The third-order valence-electron chi connectivity index (χ3n) is 4.10. The first-order valence-electron chi connectivity index (χ1n) is 8.77. The predicted molar refractivity (Wildman–Crippen MR) is 112 cm³/mol. The Morgan fingerprint density at radius 1 is 0.724 bits per heavy atom. The minimum atomic E-state index is -0.563. The molecule has 29 heavy (non-hydrogen) atoms. The average Bonchev–Trinajstić information content (AvgIpc) is 2.72. The Morgan fingerprint density at radius 2 is 1.41 bits per heavy atom. The molecule has 0 bridgehead atoms. The minimum absolute atomic E-state index is 0.213. The van der Waals surface area contributed by atoms with Gasteiger partial charge in [-0.05, 0) is 55.5 Å². The zero-order valence-corrected chi connectivity index (χ0v) is 16.3. The molecule has 0 aliphatic heterocycles. The molecule has 0 heterocycles. The third-order valence-corrected chi connectivity index (χ3v) is 4.35. The molecule has 0 aliphatic carbocycles. The quantitative estimate of drug-likeness (QED) is 0.572. The second kappa shape index (κ2) is 9.03. The van der Waals surface area contributed by atoms with Gasteiger partial charge in [0, 0.05) is 16.1 Å². The van der Waals surface area contributed by atoms with E-state index in [0.717, 1.165) is 5.56 Å². The molecule has 0 atom stereocenters. The van der Waals surface area contributed by atoms with E-state index in [1.54, 1.807) is 66.7 Å². The van der Waals surface area contributed by atoms with Gasteiger partial charge in [0.25, 0.3) is 17.7 Å². The number of rotatable bonds is 4. The van der Waals surface area contributed by atoms with Crippen LogP contribution < -0.4 is 16.2 Å². The maximum absolute atomic E-state index is 12.5. The van der Waals surface area contributed by atoms with Gasteiger partial charge in [-0.15, -0.1) is 0 Å². The number of amides is 3. The highest BCUT2D eigenvalue weighted by Gasteiger charge is 2.15. The highest BCUT2D eigenvalue weighted by molar-refractivity contribution is 6.30. The Hall–Kier alpha value is -3.64. The SMILES string of the molecule is Cc1cccc(C(=O)Nc2ccccc2C(=O)NNC(=O)c2ccc(Cl)cc2)c1. The molecule has 3 aromatic rings. The molecule has 0 fully saturated rings. The van der Waals surface area contributed by atoms with Crippen LogP contribution in [0.1, 0.15) is 36.6 Å². The second-order valence-electron chi connectivity index (χ2n) is 6.28. The Morgan fingerprint density at radius 3 is 2.14 bits per heavy atom. The Balaban J connectivity index is 1.69. The maximum atomic E-state index is 12.5. The van der Waals surface area contributed by atoms with E-state index >= 15 is 0 Å². The number of anilines is 1. The lowest BCUT2D eigenvalue weighted by Gasteiger charge is -2.12. The van der Waals surface area contributed by atoms with Crippen molar-refractivity contribution in [2.24, 2.45) is 0 Å². The van der Waals surface area contributed by atoms with Crippen LogP contribution in [0.25, 0.3) is 0 Å². The summed E-state index contributed by atoms with van der Waals surface area (Å²) in [7, 11) is 0. The van der Waals surface area contributed by atoms with Crippen molar-refractivity contribution in [3.8, 4) is 0 Å². The average molecular weight is 408 g/mol. The number of halogens is 1. The lowest BCUT2D eigenvalue weighted by molar-refractivity contribution is 0.0847. The normalized spacial score (nSPS) is 10.1. The Kier molecular flexibility index (Phi) is 6.26. The van der Waals surface area contributed by atoms with Gasteiger partial charge < -0.3 is 5.32 Å². The summed E-state index contributed by atoms with van der Waals surface area (Å²) in [6, 6.07) is 19.9. The number of hydrogen-bond donors (Lipinski definition) is 3. The summed E-state index contributed by atoms with van der Waals surface area (Å²) in [5.74, 6) is -1.39. The summed E-state index contributed by atoms with van der Waals surface area (Å²) in [6.45, 7) is 1.89. The van der Waals surface area contributed by atoms with E-state index in [-0.39, 0.29) is 11.5 Å². The standard InChI is InChI=1S/C22H18ClN3O3/c1-14-5-4-6-16(13-14)20(27)24-19-8-3-2-7-18(19)22(29)26-25-21(28)15-9-11-17(23)12-10-15/h2-13H,1H3,(H,24,27)(H,25,28)(H,26,29). The van der Waals surface area contributed by atoms with Crippen molar-refractivity contribution in [1.29, 1.82) is 0 Å². The van der Waals surface area contributed by atoms with Gasteiger partial charge in [-0.1, -0.05) is 41.4 Å². The van der Waals surface area contributed by atoms with Gasteiger partial charge in [-0.2, -0.15) is 0 Å². The maximum Gasteiger partial charge on any atom is 0.271 e. The van der Waals surface area contributed by atoms with Crippen molar-refractivity contribution in [2.45, 2.75) is 6.92 Å². The molecular weight excluding hydrogens is 390 g/mol. The predicted octanol–water partition coefficient (Wildman–Crippen LogP) is 3.98. The first-order chi connectivity index (χ1) is 13.9. The van der Waals surface area contributed by atoms with Crippen LogP contribution in [0.3, 0.4) is 0 Å². The van der Waals surface area contributed by atoms with E-state index in [1.807, 2.05) is 13.0 Å². The molecule has 0 aliphatic rings. The fraction of sp³-hybridized carbons (Fsp3) is 0.0455. The van der Waals surface area contributed by atoms with Gasteiger partial charge in [0.1, 0.15) is 0 Å². The van der Waals surface area contributed by atoms with E-state index in [1.165, 1.54) is 0 Å². The molecule has 0 saturated carbocycles. The molecule has 0 unspecified atom stereocenters. The first-order valence-corrected chi connectivity index (χ1v) is 9.15. The molecule has 146 valence electrons. The molecule has 3 amide bonds. The largest absolute Gasteiger partial charge is 0.321 e. The van der Waals surface area contributed by atoms with E-state index in [4.69, 9.17) is 11.6 Å². The van der Waals surface area contributed by atoms with Crippen LogP contribution in [0.2, 0.25) is 5.02 Å². The number of carbonyl (C=O) groups excluding carboxylic acids is 3. The number of benzene rings is 3. The van der Waals surface area contributed by atoms with Crippen LogP contribution in [-0.2, 0) is 0 Å². The lowest BCUT2D eigenvalue weighted by atomic mass is 10.1. The highest BCUT2D eigenvalue weighted by Crippen LogP contribution is 2.17. The summed E-state index contributed by atoms with van der Waals surface area (Å²) in [4.78, 5) is 37.2. The van der Waals surface area contributed by atoms with Crippen LogP contribution in [0, 0.1) is 6.92 Å². The summed E-state index contributed by atoms with van der Waals surface area (Å²) < 4.78 is 0. The zero-order chi connectivity index (χ0) is 20.8. The van der Waals surface area contributed by atoms with Crippen molar-refractivity contribution >= 4 is 35.0 Å². The summed E-state index contributed by atoms with van der Waals surface area (Å²) in [5, 5.41) is 3.24.